The zero-order valence-corrected chi connectivity index (χ0v) is 15.4. The van der Waals surface area contributed by atoms with Crippen LogP contribution in [0.2, 0.25) is 0 Å². The molecule has 0 fully saturated rings. The van der Waals surface area contributed by atoms with Crippen LogP contribution in [0.25, 0.3) is 0 Å². The van der Waals surface area contributed by atoms with Gasteiger partial charge in [0.1, 0.15) is 0 Å². The van der Waals surface area contributed by atoms with Crippen LogP contribution in [0.1, 0.15) is 34.5 Å². The minimum Gasteiger partial charge on any atom is -0.465 e. The van der Waals surface area contributed by atoms with E-state index in [4.69, 9.17) is 4.74 Å². The summed E-state index contributed by atoms with van der Waals surface area (Å²) in [7, 11) is 1.37. The minimum atomic E-state index is -0.549. The largest absolute Gasteiger partial charge is 0.465 e. The topological polar surface area (TPSA) is 58.6 Å². The lowest BCUT2D eigenvalue weighted by Crippen LogP contribution is -2.32. The molecule has 4 nitrogen and oxygen atoms in total. The van der Waals surface area contributed by atoms with Gasteiger partial charge in [-0.2, -0.15) is 0 Å². The summed E-state index contributed by atoms with van der Waals surface area (Å²) in [6.07, 6.45) is 0.263. The molecule has 0 saturated heterocycles. The molecule has 0 aliphatic rings. The number of hydrogen-bond donors (Lipinski definition) is 2. The van der Waals surface area contributed by atoms with Crippen LogP contribution in [0.15, 0.2) is 53.0 Å². The van der Waals surface area contributed by atoms with Gasteiger partial charge in [0.05, 0.1) is 18.8 Å². The molecule has 2 rings (SSSR count). The van der Waals surface area contributed by atoms with E-state index < -0.39 is 6.10 Å². The highest BCUT2D eigenvalue weighted by Crippen LogP contribution is 2.18. The Hall–Kier alpha value is -1.69. The number of halogens is 1. The lowest BCUT2D eigenvalue weighted by Gasteiger charge is -2.18. The molecule has 2 atom stereocenters. The third-order valence-corrected chi connectivity index (χ3v) is 4.30. The van der Waals surface area contributed by atoms with E-state index in [0.717, 1.165) is 22.0 Å². The normalized spacial score (nSPS) is 13.3. The zero-order valence-electron chi connectivity index (χ0n) is 13.8. The van der Waals surface area contributed by atoms with E-state index in [1.54, 1.807) is 12.1 Å². The van der Waals surface area contributed by atoms with Gasteiger partial charge in [-0.05, 0) is 48.7 Å². The highest BCUT2D eigenvalue weighted by molar-refractivity contribution is 9.10. The van der Waals surface area contributed by atoms with Crippen LogP contribution >= 0.6 is 15.9 Å². The molecule has 0 amide bonds. The average molecular weight is 392 g/mol. The van der Waals surface area contributed by atoms with Crippen molar-refractivity contribution < 1.29 is 14.6 Å². The van der Waals surface area contributed by atoms with Crippen molar-refractivity contribution in [1.82, 2.24) is 5.32 Å². The molecule has 2 N–H and O–H groups in total. The number of ether oxygens (including phenoxy) is 1. The van der Waals surface area contributed by atoms with Crippen molar-refractivity contribution in [2.45, 2.75) is 25.5 Å². The number of carbonyl (C=O) groups excluding carboxylic acids is 1. The molecule has 0 aliphatic carbocycles. The molecule has 0 spiro atoms. The molecule has 5 heteroatoms. The molecule has 128 valence electrons. The molecule has 2 unspecified atom stereocenters. The van der Waals surface area contributed by atoms with Crippen LogP contribution in [0.4, 0.5) is 0 Å². The molecule has 0 radical (unpaired) electrons. The van der Waals surface area contributed by atoms with E-state index in [0.29, 0.717) is 12.1 Å². The highest BCUT2D eigenvalue weighted by Gasteiger charge is 2.11. The first-order valence-electron chi connectivity index (χ1n) is 7.83. The minimum absolute atomic E-state index is 0.204. The van der Waals surface area contributed by atoms with Gasteiger partial charge >= 0.3 is 5.97 Å². The summed E-state index contributed by atoms with van der Waals surface area (Å²) in [6, 6.07) is 15.3. The van der Waals surface area contributed by atoms with Gasteiger partial charge < -0.3 is 15.2 Å². The zero-order chi connectivity index (χ0) is 17.5. The summed E-state index contributed by atoms with van der Waals surface area (Å²) in [5, 5.41) is 13.6. The Bertz CT molecular complexity index is 673. The molecule has 0 aromatic heterocycles. The fourth-order valence-electron chi connectivity index (χ4n) is 2.47. The van der Waals surface area contributed by atoms with E-state index in [2.05, 4.69) is 28.2 Å². The molecule has 2 aromatic carbocycles. The first-order valence-corrected chi connectivity index (χ1v) is 8.63. The smallest absolute Gasteiger partial charge is 0.337 e. The van der Waals surface area contributed by atoms with E-state index in [-0.39, 0.29) is 12.0 Å². The van der Waals surface area contributed by atoms with Crippen LogP contribution < -0.4 is 5.32 Å². The van der Waals surface area contributed by atoms with Crippen molar-refractivity contribution in [1.29, 1.82) is 0 Å². The lowest BCUT2D eigenvalue weighted by molar-refractivity contribution is 0.0600. The van der Waals surface area contributed by atoms with Gasteiger partial charge in [-0.1, -0.05) is 40.2 Å². The SMILES string of the molecule is COC(=O)c1ccc(CC(C)NCC(O)c2cccc(Br)c2)cc1. The second kappa shape index (κ2) is 8.97. The summed E-state index contributed by atoms with van der Waals surface area (Å²) in [5.41, 5.74) is 2.55. The van der Waals surface area contributed by atoms with Gasteiger partial charge in [0.25, 0.3) is 0 Å². The first-order chi connectivity index (χ1) is 11.5. The number of methoxy groups -OCH3 is 1. The van der Waals surface area contributed by atoms with Crippen molar-refractivity contribution in [3.63, 3.8) is 0 Å². The molecule has 2 aromatic rings. The predicted molar refractivity (Wildman–Crippen MR) is 98.1 cm³/mol. The third-order valence-electron chi connectivity index (χ3n) is 3.81. The quantitative estimate of drug-likeness (QED) is 0.709. The van der Waals surface area contributed by atoms with Crippen LogP contribution in [0, 0.1) is 0 Å². The number of carbonyl (C=O) groups is 1. The summed E-state index contributed by atoms with van der Waals surface area (Å²) in [4.78, 5) is 11.4. The fourth-order valence-corrected chi connectivity index (χ4v) is 2.88. The van der Waals surface area contributed by atoms with Gasteiger partial charge in [0.15, 0.2) is 0 Å². The monoisotopic (exact) mass is 391 g/mol. The summed E-state index contributed by atoms with van der Waals surface area (Å²) in [5.74, 6) is -0.329. The van der Waals surface area contributed by atoms with Crippen LogP contribution in [0.3, 0.4) is 0 Å². The number of benzene rings is 2. The average Bonchev–Trinajstić information content (AvgIpc) is 2.59. The highest BCUT2D eigenvalue weighted by atomic mass is 79.9. The van der Waals surface area contributed by atoms with Gasteiger partial charge in [-0.15, -0.1) is 0 Å². The Labute approximate surface area is 151 Å². The Morgan fingerprint density at radius 3 is 2.58 bits per heavy atom. The third kappa shape index (κ3) is 5.44. The van der Waals surface area contributed by atoms with E-state index in [1.807, 2.05) is 36.4 Å². The van der Waals surface area contributed by atoms with Crippen molar-refractivity contribution >= 4 is 21.9 Å². The summed E-state index contributed by atoms with van der Waals surface area (Å²) >= 11 is 3.41. The molecule has 0 bridgehead atoms. The Morgan fingerprint density at radius 1 is 1.25 bits per heavy atom. The summed E-state index contributed by atoms with van der Waals surface area (Å²) in [6.45, 7) is 2.56. The molecular weight excluding hydrogens is 370 g/mol. The molecule has 24 heavy (non-hydrogen) atoms. The number of rotatable bonds is 7. The second-order valence-corrected chi connectivity index (χ2v) is 6.69. The van der Waals surface area contributed by atoms with Crippen molar-refractivity contribution in [2.75, 3.05) is 13.7 Å². The number of nitrogens with one attached hydrogen (secondary N) is 1. The van der Waals surface area contributed by atoms with Crippen molar-refractivity contribution in [3.8, 4) is 0 Å². The maximum atomic E-state index is 11.4. The standard InChI is InChI=1S/C19H22BrNO3/c1-13(10-14-6-8-15(9-7-14)19(23)24-2)21-12-18(22)16-4-3-5-17(20)11-16/h3-9,11,13,18,21-22H,10,12H2,1-2H3. The second-order valence-electron chi connectivity index (χ2n) is 5.77. The number of esters is 1. The Kier molecular flexibility index (Phi) is 6.97. The van der Waals surface area contributed by atoms with E-state index in [1.165, 1.54) is 7.11 Å². The van der Waals surface area contributed by atoms with Gasteiger partial charge in [-0.25, -0.2) is 4.79 Å². The fraction of sp³-hybridized carbons (Fsp3) is 0.316. The molecule has 0 heterocycles. The first kappa shape index (κ1) is 18.6. The van der Waals surface area contributed by atoms with E-state index >= 15 is 0 Å². The van der Waals surface area contributed by atoms with E-state index in [9.17, 15) is 9.90 Å². The van der Waals surface area contributed by atoms with Gasteiger partial charge in [0, 0.05) is 17.1 Å². The molecular formula is C19H22BrNO3. The number of hydrogen-bond acceptors (Lipinski definition) is 4. The predicted octanol–water partition coefficient (Wildman–Crippen LogP) is 3.49. The Morgan fingerprint density at radius 2 is 1.96 bits per heavy atom. The lowest BCUT2D eigenvalue weighted by atomic mass is 10.0. The Balaban J connectivity index is 1.84. The maximum Gasteiger partial charge on any atom is 0.337 e. The maximum absolute atomic E-state index is 11.4. The van der Waals surface area contributed by atoms with Crippen molar-refractivity contribution in [3.05, 3.63) is 69.7 Å². The molecule has 0 saturated carbocycles. The number of aliphatic hydroxyl groups excluding tert-OH is 1. The van der Waals surface area contributed by atoms with Gasteiger partial charge in [0.2, 0.25) is 0 Å². The summed E-state index contributed by atoms with van der Waals surface area (Å²) < 4.78 is 5.65. The molecule has 0 aliphatic heterocycles. The van der Waals surface area contributed by atoms with Crippen LogP contribution in [0.5, 0.6) is 0 Å². The van der Waals surface area contributed by atoms with Crippen molar-refractivity contribution in [2.24, 2.45) is 0 Å². The van der Waals surface area contributed by atoms with Gasteiger partial charge in [-0.3, -0.25) is 0 Å². The number of aliphatic hydroxyl groups is 1. The van der Waals surface area contributed by atoms with Crippen LogP contribution in [-0.4, -0.2) is 30.8 Å². The van der Waals surface area contributed by atoms with Crippen LogP contribution in [-0.2, 0) is 11.2 Å².